The summed E-state index contributed by atoms with van der Waals surface area (Å²) in [5, 5.41) is 0. The Morgan fingerprint density at radius 3 is 1.94 bits per heavy atom. The second kappa shape index (κ2) is 5.61. The molecule has 0 N–H and O–H groups in total. The number of carbonyl (C=O) groups is 2. The molecule has 0 spiro atoms. The van der Waals surface area contributed by atoms with Gasteiger partial charge in [-0.15, -0.1) is 0 Å². The molecule has 2 nitrogen and oxygen atoms in total. The zero-order valence-electron chi connectivity index (χ0n) is 12.3. The van der Waals surface area contributed by atoms with Crippen LogP contribution in [0.3, 0.4) is 0 Å². The molecule has 0 aliphatic rings. The highest BCUT2D eigenvalue weighted by Crippen LogP contribution is 2.38. The molecule has 17 heavy (non-hydrogen) atoms. The summed E-state index contributed by atoms with van der Waals surface area (Å²) >= 11 is 0. The highest BCUT2D eigenvalue weighted by atomic mass is 16.1. The van der Waals surface area contributed by atoms with Gasteiger partial charge in [0.25, 0.3) is 0 Å². The topological polar surface area (TPSA) is 34.1 Å². The minimum absolute atomic E-state index is 0.0149. The van der Waals surface area contributed by atoms with Gasteiger partial charge < -0.3 is 0 Å². The third-order valence-electron chi connectivity index (χ3n) is 3.38. The standard InChI is InChI=1S/C15H26O2/c1-8-9-15(7,13(17)11(2)3)10-14(5,6)12(4)16/h8-9,11H,10H2,1-7H3. The SMILES string of the molecule is CC=CC(C)(CC(C)(C)C(C)=O)C(=O)C(C)C. The van der Waals surface area contributed by atoms with Crippen LogP contribution in [0.2, 0.25) is 0 Å². The number of rotatable bonds is 6. The van der Waals surface area contributed by atoms with Crippen molar-refractivity contribution >= 4 is 11.6 Å². The third kappa shape index (κ3) is 4.10. The summed E-state index contributed by atoms with van der Waals surface area (Å²) in [5.74, 6) is 0.314. The lowest BCUT2D eigenvalue weighted by Gasteiger charge is -2.34. The van der Waals surface area contributed by atoms with Crippen LogP contribution in [0, 0.1) is 16.7 Å². The first-order valence-electron chi connectivity index (χ1n) is 6.26. The zero-order valence-corrected chi connectivity index (χ0v) is 12.3. The van der Waals surface area contributed by atoms with E-state index in [1.165, 1.54) is 0 Å². The van der Waals surface area contributed by atoms with E-state index in [1.54, 1.807) is 6.92 Å². The van der Waals surface area contributed by atoms with Gasteiger partial charge in [-0.3, -0.25) is 9.59 Å². The average Bonchev–Trinajstić information content (AvgIpc) is 2.15. The quantitative estimate of drug-likeness (QED) is 0.660. The molecule has 0 aromatic rings. The highest BCUT2D eigenvalue weighted by Gasteiger charge is 2.39. The Balaban J connectivity index is 5.25. The molecule has 0 saturated heterocycles. The molecule has 0 aliphatic heterocycles. The Kier molecular flexibility index (Phi) is 5.31. The first-order valence-corrected chi connectivity index (χ1v) is 6.26. The third-order valence-corrected chi connectivity index (χ3v) is 3.38. The van der Waals surface area contributed by atoms with Crippen molar-refractivity contribution in [1.29, 1.82) is 0 Å². The van der Waals surface area contributed by atoms with Gasteiger partial charge in [0, 0.05) is 16.7 Å². The minimum Gasteiger partial charge on any atom is -0.299 e. The van der Waals surface area contributed by atoms with Crippen LogP contribution in [-0.4, -0.2) is 11.6 Å². The first kappa shape index (κ1) is 16.1. The van der Waals surface area contributed by atoms with E-state index in [-0.39, 0.29) is 17.5 Å². The molecule has 0 aromatic carbocycles. The zero-order chi connectivity index (χ0) is 13.9. The van der Waals surface area contributed by atoms with Crippen LogP contribution >= 0.6 is 0 Å². The van der Waals surface area contributed by atoms with E-state index in [0.717, 1.165) is 0 Å². The van der Waals surface area contributed by atoms with Crippen molar-refractivity contribution in [2.45, 2.75) is 54.9 Å². The van der Waals surface area contributed by atoms with E-state index in [2.05, 4.69) is 0 Å². The summed E-state index contributed by atoms with van der Waals surface area (Å²) in [4.78, 5) is 23.9. The van der Waals surface area contributed by atoms with Crippen molar-refractivity contribution in [3.63, 3.8) is 0 Å². The van der Waals surface area contributed by atoms with E-state index >= 15 is 0 Å². The summed E-state index contributed by atoms with van der Waals surface area (Å²) in [5.41, 5.74) is -1.00. The van der Waals surface area contributed by atoms with Gasteiger partial charge in [0.1, 0.15) is 11.6 Å². The number of allylic oxidation sites excluding steroid dienone is 2. The molecule has 0 heterocycles. The number of hydrogen-bond donors (Lipinski definition) is 0. The second-order valence-electron chi connectivity index (χ2n) is 6.05. The maximum atomic E-state index is 12.3. The van der Waals surface area contributed by atoms with Crippen molar-refractivity contribution in [2.75, 3.05) is 0 Å². The van der Waals surface area contributed by atoms with Gasteiger partial charge in [-0.2, -0.15) is 0 Å². The summed E-state index contributed by atoms with van der Waals surface area (Å²) in [6.07, 6.45) is 4.40. The van der Waals surface area contributed by atoms with Crippen molar-refractivity contribution in [1.82, 2.24) is 0 Å². The normalized spacial score (nSPS) is 16.2. The van der Waals surface area contributed by atoms with E-state index in [0.29, 0.717) is 6.42 Å². The Morgan fingerprint density at radius 2 is 1.65 bits per heavy atom. The number of Topliss-reactive ketones (excluding diaryl/α,β-unsaturated/α-hetero) is 2. The highest BCUT2D eigenvalue weighted by molar-refractivity contribution is 5.89. The second-order valence-corrected chi connectivity index (χ2v) is 6.05. The van der Waals surface area contributed by atoms with E-state index < -0.39 is 10.8 Å². The molecule has 0 rings (SSSR count). The van der Waals surface area contributed by atoms with Gasteiger partial charge in [0.15, 0.2) is 0 Å². The summed E-state index contributed by atoms with van der Waals surface area (Å²) in [6, 6.07) is 0. The fourth-order valence-corrected chi connectivity index (χ4v) is 2.30. The predicted octanol–water partition coefficient (Wildman–Crippen LogP) is 3.80. The van der Waals surface area contributed by atoms with Crippen LogP contribution in [-0.2, 0) is 9.59 Å². The maximum Gasteiger partial charge on any atom is 0.145 e. The molecule has 0 amide bonds. The largest absolute Gasteiger partial charge is 0.299 e. The Labute approximate surface area is 105 Å². The van der Waals surface area contributed by atoms with Gasteiger partial charge in [-0.1, -0.05) is 39.8 Å². The summed E-state index contributed by atoms with van der Waals surface area (Å²) in [7, 11) is 0. The predicted molar refractivity (Wildman–Crippen MR) is 71.8 cm³/mol. The lowest BCUT2D eigenvalue weighted by molar-refractivity contribution is -0.133. The molecule has 1 unspecified atom stereocenters. The molecule has 0 bridgehead atoms. The molecular weight excluding hydrogens is 212 g/mol. The molecule has 2 heteroatoms. The smallest absolute Gasteiger partial charge is 0.145 e. The van der Waals surface area contributed by atoms with Crippen molar-refractivity contribution in [3.8, 4) is 0 Å². The van der Waals surface area contributed by atoms with Crippen LogP contribution in [0.15, 0.2) is 12.2 Å². The van der Waals surface area contributed by atoms with Crippen LogP contribution in [0.25, 0.3) is 0 Å². The Bertz CT molecular complexity index is 324. The molecule has 0 saturated carbocycles. The molecule has 1 atom stereocenters. The van der Waals surface area contributed by atoms with Crippen molar-refractivity contribution < 1.29 is 9.59 Å². The molecule has 0 fully saturated rings. The van der Waals surface area contributed by atoms with Crippen molar-refractivity contribution in [3.05, 3.63) is 12.2 Å². The monoisotopic (exact) mass is 238 g/mol. The lowest BCUT2D eigenvalue weighted by atomic mass is 9.68. The molecule has 0 aromatic heterocycles. The van der Waals surface area contributed by atoms with Crippen LogP contribution in [0.1, 0.15) is 54.9 Å². The fourth-order valence-electron chi connectivity index (χ4n) is 2.30. The van der Waals surface area contributed by atoms with Crippen molar-refractivity contribution in [2.24, 2.45) is 16.7 Å². The van der Waals surface area contributed by atoms with E-state index in [4.69, 9.17) is 0 Å². The number of hydrogen-bond acceptors (Lipinski definition) is 2. The van der Waals surface area contributed by atoms with E-state index in [1.807, 2.05) is 53.7 Å². The van der Waals surface area contributed by atoms with Crippen LogP contribution in [0.5, 0.6) is 0 Å². The first-order chi connectivity index (χ1) is 7.57. The minimum atomic E-state index is -0.544. The van der Waals surface area contributed by atoms with Crippen LogP contribution in [0.4, 0.5) is 0 Å². The number of ketones is 2. The van der Waals surface area contributed by atoms with E-state index in [9.17, 15) is 9.59 Å². The van der Waals surface area contributed by atoms with Gasteiger partial charge in [-0.25, -0.2) is 0 Å². The Hall–Kier alpha value is -0.920. The summed E-state index contributed by atoms with van der Waals surface area (Å²) in [6.45, 7) is 13.1. The fraction of sp³-hybridized carbons (Fsp3) is 0.733. The maximum absolute atomic E-state index is 12.3. The van der Waals surface area contributed by atoms with Gasteiger partial charge >= 0.3 is 0 Å². The number of carbonyl (C=O) groups excluding carboxylic acids is 2. The molecule has 0 radical (unpaired) electrons. The Morgan fingerprint density at radius 1 is 1.18 bits per heavy atom. The molecule has 0 aliphatic carbocycles. The average molecular weight is 238 g/mol. The molecular formula is C15H26O2. The summed E-state index contributed by atoms with van der Waals surface area (Å²) < 4.78 is 0. The lowest BCUT2D eigenvalue weighted by Crippen LogP contribution is -2.37. The van der Waals surface area contributed by atoms with Gasteiger partial charge in [-0.05, 0) is 27.2 Å². The molecule has 98 valence electrons. The van der Waals surface area contributed by atoms with Crippen LogP contribution < -0.4 is 0 Å². The van der Waals surface area contributed by atoms with Gasteiger partial charge in [0.2, 0.25) is 0 Å². The van der Waals surface area contributed by atoms with Gasteiger partial charge in [0.05, 0.1) is 0 Å².